The minimum absolute atomic E-state index is 0.356. The molecule has 3 unspecified atom stereocenters. The Morgan fingerprint density at radius 2 is 2.10 bits per heavy atom. The molecular formula is C17H30N2O. The van der Waals surface area contributed by atoms with Crippen LogP contribution in [0, 0.1) is 17.3 Å². The Morgan fingerprint density at radius 3 is 2.80 bits per heavy atom. The summed E-state index contributed by atoms with van der Waals surface area (Å²) in [6.45, 7) is 7.82. The van der Waals surface area contributed by atoms with Gasteiger partial charge < -0.3 is 10.2 Å². The van der Waals surface area contributed by atoms with Gasteiger partial charge in [-0.15, -0.1) is 0 Å². The predicted molar refractivity (Wildman–Crippen MR) is 81.5 cm³/mol. The SMILES string of the molecule is CCCC1C(C)CCCN1C(=O)C1CC12CCNCC2. The quantitative estimate of drug-likeness (QED) is 0.861. The van der Waals surface area contributed by atoms with Crippen molar-refractivity contribution in [1.82, 2.24) is 10.2 Å². The van der Waals surface area contributed by atoms with Crippen molar-refractivity contribution < 1.29 is 4.79 Å². The molecule has 1 N–H and O–H groups in total. The van der Waals surface area contributed by atoms with Crippen molar-refractivity contribution in [2.45, 2.75) is 64.8 Å². The van der Waals surface area contributed by atoms with E-state index in [0.29, 0.717) is 29.2 Å². The first-order chi connectivity index (χ1) is 9.68. The molecule has 1 amide bonds. The second-order valence-corrected chi connectivity index (χ2v) is 7.38. The van der Waals surface area contributed by atoms with Gasteiger partial charge in [-0.2, -0.15) is 0 Å². The van der Waals surface area contributed by atoms with Crippen molar-refractivity contribution in [1.29, 1.82) is 0 Å². The highest BCUT2D eigenvalue weighted by Crippen LogP contribution is 2.59. The number of amides is 1. The zero-order valence-electron chi connectivity index (χ0n) is 13.2. The Kier molecular flexibility index (Phi) is 4.07. The maximum atomic E-state index is 13.0. The summed E-state index contributed by atoms with van der Waals surface area (Å²) in [5.74, 6) is 1.54. The third-order valence-electron chi connectivity index (χ3n) is 6.07. The van der Waals surface area contributed by atoms with Gasteiger partial charge in [-0.3, -0.25) is 4.79 Å². The molecule has 3 atom stereocenters. The molecule has 1 aliphatic carbocycles. The van der Waals surface area contributed by atoms with Crippen LogP contribution in [0.1, 0.15) is 58.8 Å². The Bertz CT molecular complexity index is 362. The summed E-state index contributed by atoms with van der Waals surface area (Å²) in [6.07, 6.45) is 8.48. The zero-order chi connectivity index (χ0) is 14.2. The normalized spacial score (nSPS) is 36.1. The maximum absolute atomic E-state index is 13.0. The third-order valence-corrected chi connectivity index (χ3v) is 6.07. The van der Waals surface area contributed by atoms with Crippen molar-refractivity contribution >= 4 is 5.91 Å². The van der Waals surface area contributed by atoms with Gasteiger partial charge in [0, 0.05) is 18.5 Å². The largest absolute Gasteiger partial charge is 0.339 e. The molecule has 3 nitrogen and oxygen atoms in total. The van der Waals surface area contributed by atoms with Gasteiger partial charge in [-0.25, -0.2) is 0 Å². The summed E-state index contributed by atoms with van der Waals surface area (Å²) < 4.78 is 0. The molecular weight excluding hydrogens is 248 g/mol. The summed E-state index contributed by atoms with van der Waals surface area (Å²) in [4.78, 5) is 15.2. The van der Waals surface area contributed by atoms with Crippen LogP contribution < -0.4 is 5.32 Å². The standard InChI is InChI=1S/C17H30N2O/c1-3-5-15-13(2)6-4-11-19(15)16(20)14-12-17(14)7-9-18-10-8-17/h13-15,18H,3-12H2,1-2H3. The van der Waals surface area contributed by atoms with Gasteiger partial charge in [0.2, 0.25) is 5.91 Å². The maximum Gasteiger partial charge on any atom is 0.226 e. The fourth-order valence-electron chi connectivity index (χ4n) is 4.63. The van der Waals surface area contributed by atoms with Gasteiger partial charge in [0.15, 0.2) is 0 Å². The fourth-order valence-corrected chi connectivity index (χ4v) is 4.63. The van der Waals surface area contributed by atoms with Crippen LogP contribution >= 0.6 is 0 Å². The summed E-state index contributed by atoms with van der Waals surface area (Å²) >= 11 is 0. The van der Waals surface area contributed by atoms with Crippen LogP contribution in [0.4, 0.5) is 0 Å². The molecule has 3 rings (SSSR count). The van der Waals surface area contributed by atoms with Crippen LogP contribution in [0.2, 0.25) is 0 Å². The van der Waals surface area contributed by atoms with Gasteiger partial charge in [-0.05, 0) is 62.9 Å². The molecule has 2 saturated heterocycles. The van der Waals surface area contributed by atoms with Crippen molar-refractivity contribution in [2.75, 3.05) is 19.6 Å². The topological polar surface area (TPSA) is 32.3 Å². The molecule has 0 aromatic heterocycles. The van der Waals surface area contributed by atoms with E-state index < -0.39 is 0 Å². The summed E-state index contributed by atoms with van der Waals surface area (Å²) in [5, 5.41) is 3.43. The number of carbonyl (C=O) groups is 1. The van der Waals surface area contributed by atoms with Gasteiger partial charge in [0.25, 0.3) is 0 Å². The van der Waals surface area contributed by atoms with Crippen LogP contribution in [0.3, 0.4) is 0 Å². The second-order valence-electron chi connectivity index (χ2n) is 7.38. The summed E-state index contributed by atoms with van der Waals surface area (Å²) in [7, 11) is 0. The van der Waals surface area contributed by atoms with E-state index in [1.165, 1.54) is 38.5 Å². The smallest absolute Gasteiger partial charge is 0.226 e. The van der Waals surface area contributed by atoms with Crippen molar-refractivity contribution in [3.8, 4) is 0 Å². The number of hydrogen-bond donors (Lipinski definition) is 1. The number of hydrogen-bond acceptors (Lipinski definition) is 2. The van der Waals surface area contributed by atoms with E-state index >= 15 is 0 Å². The molecule has 1 saturated carbocycles. The Morgan fingerprint density at radius 1 is 1.35 bits per heavy atom. The average Bonchev–Trinajstić information content (AvgIpc) is 3.14. The molecule has 3 fully saturated rings. The molecule has 20 heavy (non-hydrogen) atoms. The van der Waals surface area contributed by atoms with Crippen LogP contribution in [0.15, 0.2) is 0 Å². The lowest BCUT2D eigenvalue weighted by molar-refractivity contribution is -0.139. The van der Waals surface area contributed by atoms with E-state index in [9.17, 15) is 4.79 Å². The first kappa shape index (κ1) is 14.4. The highest BCUT2D eigenvalue weighted by atomic mass is 16.2. The second kappa shape index (κ2) is 5.67. The molecule has 1 spiro atoms. The van der Waals surface area contributed by atoms with E-state index in [-0.39, 0.29) is 0 Å². The van der Waals surface area contributed by atoms with Crippen LogP contribution in [-0.2, 0) is 4.79 Å². The highest BCUT2D eigenvalue weighted by Gasteiger charge is 2.59. The Labute approximate surface area is 123 Å². The number of nitrogens with one attached hydrogen (secondary N) is 1. The number of piperidine rings is 2. The van der Waals surface area contributed by atoms with E-state index in [1.54, 1.807) is 0 Å². The number of rotatable bonds is 3. The molecule has 3 heteroatoms. The molecule has 0 bridgehead atoms. The molecule has 0 aromatic carbocycles. The van der Waals surface area contributed by atoms with E-state index in [4.69, 9.17) is 0 Å². The molecule has 0 radical (unpaired) electrons. The fraction of sp³-hybridized carbons (Fsp3) is 0.941. The molecule has 2 heterocycles. The molecule has 2 aliphatic heterocycles. The number of carbonyl (C=O) groups excluding carboxylic acids is 1. The van der Waals surface area contributed by atoms with Gasteiger partial charge in [0.05, 0.1) is 0 Å². The highest BCUT2D eigenvalue weighted by molar-refractivity contribution is 5.83. The summed E-state index contributed by atoms with van der Waals surface area (Å²) in [6, 6.07) is 0.514. The van der Waals surface area contributed by atoms with Gasteiger partial charge in [-0.1, -0.05) is 20.3 Å². The Hall–Kier alpha value is -0.570. The lowest BCUT2D eigenvalue weighted by Gasteiger charge is -2.41. The van der Waals surface area contributed by atoms with Crippen molar-refractivity contribution in [2.24, 2.45) is 17.3 Å². The predicted octanol–water partition coefficient (Wildman–Crippen LogP) is 2.80. The first-order valence-electron chi connectivity index (χ1n) is 8.69. The minimum Gasteiger partial charge on any atom is -0.339 e. The zero-order valence-corrected chi connectivity index (χ0v) is 13.2. The van der Waals surface area contributed by atoms with Crippen LogP contribution in [0.5, 0.6) is 0 Å². The number of likely N-dealkylation sites (tertiary alicyclic amines) is 1. The van der Waals surface area contributed by atoms with E-state index in [2.05, 4.69) is 24.1 Å². The average molecular weight is 278 g/mol. The molecule has 0 aromatic rings. The van der Waals surface area contributed by atoms with Crippen molar-refractivity contribution in [3.63, 3.8) is 0 Å². The molecule has 114 valence electrons. The van der Waals surface area contributed by atoms with E-state index in [1.807, 2.05) is 0 Å². The monoisotopic (exact) mass is 278 g/mol. The lowest BCUT2D eigenvalue weighted by atomic mass is 9.86. The third kappa shape index (κ3) is 2.49. The minimum atomic E-state index is 0.356. The van der Waals surface area contributed by atoms with Gasteiger partial charge in [0.1, 0.15) is 0 Å². The molecule has 3 aliphatic rings. The van der Waals surface area contributed by atoms with Gasteiger partial charge >= 0.3 is 0 Å². The Balaban J connectivity index is 1.66. The first-order valence-corrected chi connectivity index (χ1v) is 8.69. The van der Waals surface area contributed by atoms with E-state index in [0.717, 1.165) is 26.1 Å². The van der Waals surface area contributed by atoms with Crippen molar-refractivity contribution in [3.05, 3.63) is 0 Å². The van der Waals surface area contributed by atoms with Crippen LogP contribution in [0.25, 0.3) is 0 Å². The number of nitrogens with zero attached hydrogens (tertiary/aromatic N) is 1. The lowest BCUT2D eigenvalue weighted by Crippen LogP contribution is -2.49. The van der Waals surface area contributed by atoms with Crippen LogP contribution in [-0.4, -0.2) is 36.5 Å². The summed E-state index contributed by atoms with van der Waals surface area (Å²) in [5.41, 5.74) is 0.389.